The Morgan fingerprint density at radius 3 is 2.53 bits per heavy atom. The molecule has 0 radical (unpaired) electrons. The number of nitrogens with one attached hydrogen (secondary N) is 2. The summed E-state index contributed by atoms with van der Waals surface area (Å²) in [7, 11) is 1.74. The molecule has 1 aliphatic rings. The van der Waals surface area contributed by atoms with E-state index in [2.05, 4.69) is 40.7 Å². The third kappa shape index (κ3) is 9.13. The van der Waals surface area contributed by atoms with Crippen molar-refractivity contribution in [3.8, 4) is 0 Å². The van der Waals surface area contributed by atoms with Crippen LogP contribution in [0.4, 0.5) is 0 Å². The van der Waals surface area contributed by atoms with E-state index in [1.165, 1.54) is 11.1 Å². The third-order valence-electron chi connectivity index (χ3n) is 5.12. The summed E-state index contributed by atoms with van der Waals surface area (Å²) < 4.78 is 11.0. The summed E-state index contributed by atoms with van der Waals surface area (Å²) in [4.78, 5) is 18.7. The van der Waals surface area contributed by atoms with E-state index < -0.39 is 0 Å². The summed E-state index contributed by atoms with van der Waals surface area (Å²) in [6.45, 7) is 7.76. The van der Waals surface area contributed by atoms with E-state index in [9.17, 15) is 4.79 Å². The fourth-order valence-electron chi connectivity index (χ4n) is 3.34. The zero-order valence-electron chi connectivity index (χ0n) is 18.6. The van der Waals surface area contributed by atoms with Gasteiger partial charge in [0.25, 0.3) is 0 Å². The maximum atomic E-state index is 12.5. The molecule has 0 aliphatic carbocycles. The molecule has 0 bridgehead atoms. The number of guanidine groups is 1. The number of amides is 1. The van der Waals surface area contributed by atoms with Crippen LogP contribution in [0.15, 0.2) is 29.3 Å². The summed E-state index contributed by atoms with van der Waals surface area (Å²) in [6.07, 6.45) is 4.53. The lowest BCUT2D eigenvalue weighted by atomic mass is 9.99. The van der Waals surface area contributed by atoms with Gasteiger partial charge >= 0.3 is 0 Å². The molecule has 1 amide bonds. The molecule has 0 unspecified atom stereocenters. The molecule has 0 atom stereocenters. The van der Waals surface area contributed by atoms with E-state index in [-0.39, 0.29) is 5.91 Å². The van der Waals surface area contributed by atoms with E-state index in [1.54, 1.807) is 7.05 Å². The zero-order valence-corrected chi connectivity index (χ0v) is 18.6. The summed E-state index contributed by atoms with van der Waals surface area (Å²) in [5.74, 6) is 0.959. The van der Waals surface area contributed by atoms with Gasteiger partial charge in [-0.15, -0.1) is 0 Å². The van der Waals surface area contributed by atoms with Gasteiger partial charge < -0.3 is 25.0 Å². The predicted octanol–water partition coefficient (Wildman–Crippen LogP) is 2.35. The standard InChI is InChI=1S/C23H38N4O3/c1-3-4-15-29-17-18-30-16-13-26-23(24-2)25-12-7-10-22(28)27-14-11-20-8-5-6-9-21(20)19-27/h5-6,8-9H,3-4,7,10-19H2,1-2H3,(H2,24,25,26). The normalized spacial score (nSPS) is 13.8. The number of fused-ring (bicyclic) bond motifs is 1. The second-order valence-corrected chi connectivity index (χ2v) is 7.44. The van der Waals surface area contributed by atoms with Crippen molar-refractivity contribution in [2.75, 3.05) is 53.1 Å². The molecule has 1 aromatic carbocycles. The smallest absolute Gasteiger partial charge is 0.222 e. The van der Waals surface area contributed by atoms with E-state index in [1.807, 2.05) is 11.0 Å². The summed E-state index contributed by atoms with van der Waals surface area (Å²) >= 11 is 0. The van der Waals surface area contributed by atoms with Crippen molar-refractivity contribution in [3.63, 3.8) is 0 Å². The first-order valence-corrected chi connectivity index (χ1v) is 11.2. The lowest BCUT2D eigenvalue weighted by Crippen LogP contribution is -2.40. The second-order valence-electron chi connectivity index (χ2n) is 7.44. The highest BCUT2D eigenvalue weighted by Gasteiger charge is 2.19. The van der Waals surface area contributed by atoms with Crippen molar-refractivity contribution in [3.05, 3.63) is 35.4 Å². The van der Waals surface area contributed by atoms with Crippen LogP contribution >= 0.6 is 0 Å². The molecular formula is C23H38N4O3. The Morgan fingerprint density at radius 1 is 1.03 bits per heavy atom. The van der Waals surface area contributed by atoms with Crippen LogP contribution in [-0.2, 0) is 27.2 Å². The molecule has 0 spiro atoms. The van der Waals surface area contributed by atoms with Crippen LogP contribution in [0.25, 0.3) is 0 Å². The minimum Gasteiger partial charge on any atom is -0.379 e. The molecule has 0 fully saturated rings. The van der Waals surface area contributed by atoms with Gasteiger partial charge in [-0.25, -0.2) is 0 Å². The van der Waals surface area contributed by atoms with Gasteiger partial charge in [0.05, 0.1) is 19.8 Å². The van der Waals surface area contributed by atoms with Crippen molar-refractivity contribution < 1.29 is 14.3 Å². The van der Waals surface area contributed by atoms with Crippen molar-refractivity contribution in [2.24, 2.45) is 4.99 Å². The highest BCUT2D eigenvalue weighted by molar-refractivity contribution is 5.80. The Kier molecular flexibility index (Phi) is 11.9. The van der Waals surface area contributed by atoms with Crippen molar-refractivity contribution in [2.45, 2.75) is 45.6 Å². The number of rotatable bonds is 13. The minimum absolute atomic E-state index is 0.226. The third-order valence-corrected chi connectivity index (χ3v) is 5.12. The molecule has 2 rings (SSSR count). The highest BCUT2D eigenvalue weighted by Crippen LogP contribution is 2.19. The number of hydrogen-bond donors (Lipinski definition) is 2. The molecular weight excluding hydrogens is 380 g/mol. The molecule has 1 heterocycles. The molecule has 0 aromatic heterocycles. The molecule has 168 valence electrons. The molecule has 2 N–H and O–H groups in total. The average molecular weight is 419 g/mol. The van der Waals surface area contributed by atoms with Gasteiger partial charge in [0.15, 0.2) is 5.96 Å². The SMILES string of the molecule is CCCCOCCOCCNC(=NC)NCCCC(=O)N1CCc2ccccc2C1. The first kappa shape index (κ1) is 24.2. The van der Waals surface area contributed by atoms with Crippen LogP contribution in [0.5, 0.6) is 0 Å². The van der Waals surface area contributed by atoms with Gasteiger partial charge in [-0.05, 0) is 30.4 Å². The predicted molar refractivity (Wildman–Crippen MR) is 121 cm³/mol. The van der Waals surface area contributed by atoms with Gasteiger partial charge in [0.2, 0.25) is 5.91 Å². The fraction of sp³-hybridized carbons (Fsp3) is 0.652. The van der Waals surface area contributed by atoms with Crippen LogP contribution in [0.3, 0.4) is 0 Å². The first-order chi connectivity index (χ1) is 14.7. The number of unbranched alkanes of at least 4 members (excludes halogenated alkanes) is 1. The molecule has 1 aliphatic heterocycles. The number of aliphatic imine (C=N–C) groups is 1. The quantitative estimate of drug-likeness (QED) is 0.292. The van der Waals surface area contributed by atoms with Gasteiger partial charge in [0.1, 0.15) is 0 Å². The summed E-state index contributed by atoms with van der Waals surface area (Å²) in [5, 5.41) is 6.48. The van der Waals surface area contributed by atoms with Crippen molar-refractivity contribution >= 4 is 11.9 Å². The number of benzene rings is 1. The van der Waals surface area contributed by atoms with Crippen LogP contribution in [0, 0.1) is 0 Å². The van der Waals surface area contributed by atoms with E-state index in [0.717, 1.165) is 51.3 Å². The van der Waals surface area contributed by atoms with Crippen molar-refractivity contribution in [1.82, 2.24) is 15.5 Å². The van der Waals surface area contributed by atoms with Crippen LogP contribution in [-0.4, -0.2) is 69.9 Å². The van der Waals surface area contributed by atoms with Gasteiger partial charge in [-0.2, -0.15) is 0 Å². The monoisotopic (exact) mass is 418 g/mol. The Labute approximate surface area is 181 Å². The number of carbonyl (C=O) groups excluding carboxylic acids is 1. The maximum absolute atomic E-state index is 12.5. The molecule has 0 saturated heterocycles. The number of nitrogens with zero attached hydrogens (tertiary/aromatic N) is 2. The largest absolute Gasteiger partial charge is 0.379 e. The van der Waals surface area contributed by atoms with Crippen LogP contribution < -0.4 is 10.6 Å². The lowest BCUT2D eigenvalue weighted by molar-refractivity contribution is -0.132. The first-order valence-electron chi connectivity index (χ1n) is 11.2. The Hall–Kier alpha value is -2.12. The Morgan fingerprint density at radius 2 is 1.77 bits per heavy atom. The van der Waals surface area contributed by atoms with Gasteiger partial charge in [0, 0.05) is 46.3 Å². The lowest BCUT2D eigenvalue weighted by Gasteiger charge is -2.29. The van der Waals surface area contributed by atoms with E-state index in [0.29, 0.717) is 39.3 Å². The van der Waals surface area contributed by atoms with E-state index >= 15 is 0 Å². The van der Waals surface area contributed by atoms with Crippen molar-refractivity contribution in [1.29, 1.82) is 0 Å². The Balaban J connectivity index is 1.50. The Bertz CT molecular complexity index is 651. The molecule has 7 nitrogen and oxygen atoms in total. The van der Waals surface area contributed by atoms with Crippen LogP contribution in [0.1, 0.15) is 43.7 Å². The topological polar surface area (TPSA) is 75.2 Å². The fourth-order valence-corrected chi connectivity index (χ4v) is 3.34. The van der Waals surface area contributed by atoms with Gasteiger partial charge in [-0.1, -0.05) is 37.6 Å². The second kappa shape index (κ2) is 14.8. The molecule has 30 heavy (non-hydrogen) atoms. The molecule has 1 aromatic rings. The molecule has 7 heteroatoms. The number of carbonyl (C=O) groups is 1. The van der Waals surface area contributed by atoms with E-state index in [4.69, 9.17) is 9.47 Å². The maximum Gasteiger partial charge on any atom is 0.222 e. The van der Waals surface area contributed by atoms with Gasteiger partial charge in [-0.3, -0.25) is 9.79 Å². The average Bonchev–Trinajstić information content (AvgIpc) is 2.78. The summed E-state index contributed by atoms with van der Waals surface area (Å²) in [5.41, 5.74) is 2.64. The highest BCUT2D eigenvalue weighted by atomic mass is 16.5. The number of hydrogen-bond acceptors (Lipinski definition) is 4. The van der Waals surface area contributed by atoms with Crippen LogP contribution in [0.2, 0.25) is 0 Å². The summed E-state index contributed by atoms with van der Waals surface area (Å²) in [6, 6.07) is 8.39. The number of ether oxygens (including phenoxy) is 2. The minimum atomic E-state index is 0.226. The zero-order chi connectivity index (χ0) is 21.4. The molecule has 0 saturated carbocycles.